The van der Waals surface area contributed by atoms with E-state index in [1.54, 1.807) is 0 Å². The summed E-state index contributed by atoms with van der Waals surface area (Å²) in [6.07, 6.45) is 41.8. The van der Waals surface area contributed by atoms with Gasteiger partial charge in [-0.15, -0.1) is 0 Å². The molecule has 0 nitrogen and oxygen atoms in total. The van der Waals surface area contributed by atoms with Crippen LogP contribution in [-0.2, 0) is 0 Å². The van der Waals surface area contributed by atoms with Crippen LogP contribution < -0.4 is 0 Å². The summed E-state index contributed by atoms with van der Waals surface area (Å²) in [5.41, 5.74) is 0. The summed E-state index contributed by atoms with van der Waals surface area (Å²) < 4.78 is 0. The largest absolute Gasteiger partial charge is 0.179 e. The number of thiol groups is 4. The minimum atomic E-state index is 0.512. The first-order valence-electron chi connectivity index (χ1n) is 18.2. The van der Waals surface area contributed by atoms with Crippen molar-refractivity contribution in [2.24, 2.45) is 5.92 Å². The molecule has 3 unspecified atom stereocenters. The third-order valence-electron chi connectivity index (χ3n) is 8.95. The molecule has 242 valence electrons. The smallest absolute Gasteiger partial charge is 0.00555 e. The maximum Gasteiger partial charge on any atom is 0.00555 e. The predicted octanol–water partition coefficient (Wildman–Crippen LogP) is 13.8. The molecule has 0 amide bonds. The van der Waals surface area contributed by atoms with Crippen molar-refractivity contribution in [2.45, 2.75) is 210 Å². The van der Waals surface area contributed by atoms with Crippen LogP contribution in [0.15, 0.2) is 0 Å². The molecular weight excluding hydrogens is 561 g/mol. The second-order valence-corrected chi connectivity index (χ2v) is 15.0. The topological polar surface area (TPSA) is 0 Å². The molecule has 4 heteroatoms. The van der Waals surface area contributed by atoms with Gasteiger partial charge in [-0.3, -0.25) is 0 Å². The molecule has 0 aromatic rings. The Morgan fingerprint density at radius 3 is 0.900 bits per heavy atom. The van der Waals surface area contributed by atoms with Crippen molar-refractivity contribution in [2.75, 3.05) is 11.5 Å². The van der Waals surface area contributed by atoms with E-state index in [4.69, 9.17) is 25.3 Å². The molecule has 0 bridgehead atoms. The van der Waals surface area contributed by atoms with Gasteiger partial charge in [-0.05, 0) is 49.5 Å². The second kappa shape index (κ2) is 34.9. The van der Waals surface area contributed by atoms with Crippen LogP contribution in [0.1, 0.15) is 200 Å². The molecule has 0 aliphatic heterocycles. The van der Waals surface area contributed by atoms with Gasteiger partial charge in [0, 0.05) is 10.5 Å². The summed E-state index contributed by atoms with van der Waals surface area (Å²) in [6.45, 7) is 2.30. The zero-order valence-corrected chi connectivity index (χ0v) is 30.7. The van der Waals surface area contributed by atoms with E-state index in [-0.39, 0.29) is 0 Å². The molecule has 0 radical (unpaired) electrons. The van der Waals surface area contributed by atoms with Gasteiger partial charge < -0.3 is 0 Å². The Morgan fingerprint density at radius 2 is 0.600 bits per heavy atom. The van der Waals surface area contributed by atoms with Gasteiger partial charge >= 0.3 is 0 Å². The highest BCUT2D eigenvalue weighted by atomic mass is 32.1. The Labute approximate surface area is 276 Å². The van der Waals surface area contributed by atoms with Crippen LogP contribution in [-0.4, -0.2) is 22.0 Å². The molecule has 3 atom stereocenters. The van der Waals surface area contributed by atoms with Crippen molar-refractivity contribution < 1.29 is 0 Å². The third kappa shape index (κ3) is 29.5. The van der Waals surface area contributed by atoms with Crippen LogP contribution in [0, 0.1) is 5.92 Å². The summed E-state index contributed by atoms with van der Waals surface area (Å²) >= 11 is 19.0. The molecule has 0 heterocycles. The minimum absolute atomic E-state index is 0.512. The lowest BCUT2D eigenvalue weighted by molar-refractivity contribution is 0.401. The Hall–Kier alpha value is 1.40. The second-order valence-electron chi connectivity index (χ2n) is 12.8. The number of unbranched alkanes of at least 4 members (excludes halogenated alkanes) is 24. The minimum Gasteiger partial charge on any atom is -0.179 e. The van der Waals surface area contributed by atoms with E-state index in [1.165, 1.54) is 193 Å². The van der Waals surface area contributed by atoms with E-state index in [0.717, 1.165) is 11.5 Å². The summed E-state index contributed by atoms with van der Waals surface area (Å²) in [7, 11) is 0. The zero-order chi connectivity index (χ0) is 29.4. The maximum absolute atomic E-state index is 5.12. The summed E-state index contributed by atoms with van der Waals surface area (Å²) in [5, 5.41) is 1.03. The number of hydrogen-bond acceptors (Lipinski definition) is 4. The average molecular weight is 635 g/mol. The first kappa shape index (κ1) is 41.4. The Bertz CT molecular complexity index is 458. The van der Waals surface area contributed by atoms with Crippen LogP contribution in [0.4, 0.5) is 0 Å². The molecule has 40 heavy (non-hydrogen) atoms. The van der Waals surface area contributed by atoms with E-state index < -0.39 is 0 Å². The monoisotopic (exact) mass is 634 g/mol. The standard InChI is InChI=1S/C36H74S4/c1-2-3-4-5-6-7-13-16-19-22-25-30-35(39)34(29-28-33-38)36(40)31-26-23-20-17-14-11-9-8-10-12-15-18-21-24-27-32-37/h34-40H,2-33H2,1H3. The van der Waals surface area contributed by atoms with Gasteiger partial charge in [-0.25, -0.2) is 0 Å². The van der Waals surface area contributed by atoms with Crippen LogP contribution in [0.5, 0.6) is 0 Å². The highest BCUT2D eigenvalue weighted by Gasteiger charge is 2.24. The first-order chi connectivity index (χ1) is 19.7. The lowest BCUT2D eigenvalue weighted by Crippen LogP contribution is -2.25. The lowest BCUT2D eigenvalue weighted by atomic mass is 9.89. The van der Waals surface area contributed by atoms with Crippen LogP contribution >= 0.6 is 50.5 Å². The highest BCUT2D eigenvalue weighted by Crippen LogP contribution is 2.31. The van der Waals surface area contributed by atoms with Gasteiger partial charge in [0.05, 0.1) is 0 Å². The number of rotatable bonds is 34. The Kier molecular flexibility index (Phi) is 36.1. The molecule has 0 saturated heterocycles. The van der Waals surface area contributed by atoms with E-state index in [1.807, 2.05) is 0 Å². The Balaban J connectivity index is 3.73. The molecule has 0 saturated carbocycles. The fraction of sp³-hybridized carbons (Fsp3) is 1.00. The van der Waals surface area contributed by atoms with Crippen molar-refractivity contribution in [3.8, 4) is 0 Å². The van der Waals surface area contributed by atoms with Crippen molar-refractivity contribution in [1.82, 2.24) is 0 Å². The SMILES string of the molecule is CCCCCCCCCCCCCC(S)C(CCCS)C(S)CCCCCCCCCCCCCCCCCS. The van der Waals surface area contributed by atoms with Crippen LogP contribution in [0.25, 0.3) is 0 Å². The maximum atomic E-state index is 5.12. The molecule has 0 spiro atoms. The molecule has 0 aliphatic carbocycles. The molecule has 0 aromatic heterocycles. The molecule has 0 N–H and O–H groups in total. The zero-order valence-electron chi connectivity index (χ0n) is 27.1. The average Bonchev–Trinajstić information content (AvgIpc) is 2.95. The Morgan fingerprint density at radius 1 is 0.325 bits per heavy atom. The third-order valence-corrected chi connectivity index (χ3v) is 10.9. The fourth-order valence-electron chi connectivity index (χ4n) is 6.18. The summed E-state index contributed by atoms with van der Waals surface area (Å²) in [6, 6.07) is 0. The van der Waals surface area contributed by atoms with Crippen molar-refractivity contribution in [3.05, 3.63) is 0 Å². The van der Waals surface area contributed by atoms with Crippen molar-refractivity contribution in [3.63, 3.8) is 0 Å². The first-order valence-corrected chi connectivity index (χ1v) is 20.5. The molecule has 0 aliphatic rings. The van der Waals surface area contributed by atoms with Gasteiger partial charge in [-0.2, -0.15) is 50.5 Å². The van der Waals surface area contributed by atoms with Crippen molar-refractivity contribution in [1.29, 1.82) is 0 Å². The van der Waals surface area contributed by atoms with Crippen LogP contribution in [0.2, 0.25) is 0 Å². The van der Waals surface area contributed by atoms with E-state index in [9.17, 15) is 0 Å². The van der Waals surface area contributed by atoms with Gasteiger partial charge in [0.25, 0.3) is 0 Å². The van der Waals surface area contributed by atoms with Crippen molar-refractivity contribution >= 4 is 50.5 Å². The van der Waals surface area contributed by atoms with Gasteiger partial charge in [0.1, 0.15) is 0 Å². The van der Waals surface area contributed by atoms with Gasteiger partial charge in [-0.1, -0.05) is 167 Å². The summed E-state index contributed by atoms with van der Waals surface area (Å²) in [4.78, 5) is 0. The normalized spacial score (nSPS) is 14.0. The van der Waals surface area contributed by atoms with Crippen LogP contribution in [0.3, 0.4) is 0 Å². The lowest BCUT2D eigenvalue weighted by Gasteiger charge is -2.29. The highest BCUT2D eigenvalue weighted by molar-refractivity contribution is 7.82. The number of hydrogen-bond donors (Lipinski definition) is 4. The van der Waals surface area contributed by atoms with Gasteiger partial charge in [0.15, 0.2) is 0 Å². The van der Waals surface area contributed by atoms with Gasteiger partial charge in [0.2, 0.25) is 0 Å². The molecule has 0 aromatic carbocycles. The van der Waals surface area contributed by atoms with E-state index >= 15 is 0 Å². The molecule has 0 fully saturated rings. The quantitative estimate of drug-likeness (QED) is 0.0393. The summed E-state index contributed by atoms with van der Waals surface area (Å²) in [5.74, 6) is 2.70. The predicted molar refractivity (Wildman–Crippen MR) is 201 cm³/mol. The fourth-order valence-corrected chi connectivity index (χ4v) is 7.80. The molecule has 0 rings (SSSR count). The van der Waals surface area contributed by atoms with E-state index in [0.29, 0.717) is 16.4 Å². The van der Waals surface area contributed by atoms with E-state index in [2.05, 4.69) is 32.2 Å². The molecular formula is C36H74S4.